The molecule has 2 aliphatic carbocycles. The van der Waals surface area contributed by atoms with Gasteiger partial charge < -0.3 is 0 Å². The van der Waals surface area contributed by atoms with Crippen molar-refractivity contribution >= 4 is 0 Å². The maximum Gasteiger partial charge on any atom is -0.0279 e. The molecule has 0 saturated heterocycles. The van der Waals surface area contributed by atoms with Gasteiger partial charge in [0.15, 0.2) is 0 Å². The zero-order valence-corrected chi connectivity index (χ0v) is 9.28. The lowest BCUT2D eigenvalue weighted by Crippen LogP contribution is -1.85. The second-order valence-corrected chi connectivity index (χ2v) is 4.44. The third-order valence-electron chi connectivity index (χ3n) is 3.30. The van der Waals surface area contributed by atoms with Crippen LogP contribution in [0.5, 0.6) is 0 Å². The summed E-state index contributed by atoms with van der Waals surface area (Å²) in [4.78, 5) is 0. The molecule has 1 atom stereocenters. The fourth-order valence-electron chi connectivity index (χ4n) is 2.33. The van der Waals surface area contributed by atoms with Gasteiger partial charge in [-0.05, 0) is 50.5 Å². The van der Waals surface area contributed by atoms with E-state index in [4.69, 9.17) is 0 Å². The minimum Gasteiger partial charge on any atom is -0.0850 e. The summed E-state index contributed by atoms with van der Waals surface area (Å²) in [6.45, 7) is 3.76. The van der Waals surface area contributed by atoms with Gasteiger partial charge in [-0.2, -0.15) is 0 Å². The van der Waals surface area contributed by atoms with Crippen molar-refractivity contribution < 1.29 is 0 Å². The molecule has 0 heteroatoms. The standard InChI is InChI=1S/C8H9.C7H10/c1-2-8-6-4-3-5-7-8;1-2-7-4-3-6(1)5-7/h3-7H,1-2H2;1,7H,2-5H2. The first kappa shape index (κ1) is 10.5. The smallest absolute Gasteiger partial charge is 0.0279 e. The van der Waals surface area contributed by atoms with E-state index in [-0.39, 0.29) is 0 Å². The lowest BCUT2D eigenvalue weighted by molar-refractivity contribution is 0.576. The van der Waals surface area contributed by atoms with E-state index < -0.39 is 0 Å². The first-order valence-electron chi connectivity index (χ1n) is 5.89. The molecule has 0 aliphatic heterocycles. The molecule has 1 unspecified atom stereocenters. The molecule has 0 heterocycles. The van der Waals surface area contributed by atoms with E-state index in [1.54, 1.807) is 5.57 Å². The highest BCUT2D eigenvalue weighted by Gasteiger charge is 2.22. The zero-order chi connectivity index (χ0) is 10.5. The van der Waals surface area contributed by atoms with Crippen molar-refractivity contribution in [2.45, 2.75) is 32.1 Å². The van der Waals surface area contributed by atoms with E-state index in [9.17, 15) is 0 Å². The molecule has 3 rings (SSSR count). The highest BCUT2D eigenvalue weighted by Crippen LogP contribution is 2.38. The summed E-state index contributed by atoms with van der Waals surface area (Å²) in [5, 5.41) is 0. The van der Waals surface area contributed by atoms with E-state index in [2.05, 4.69) is 25.1 Å². The SMILES string of the molecule is C1=C2CCC(C1)C2.[CH2]Cc1ccccc1. The van der Waals surface area contributed by atoms with Crippen molar-refractivity contribution in [1.29, 1.82) is 0 Å². The van der Waals surface area contributed by atoms with Crippen LogP contribution in [-0.4, -0.2) is 0 Å². The molecule has 79 valence electrons. The predicted molar refractivity (Wildman–Crippen MR) is 65.5 cm³/mol. The molecule has 1 radical (unpaired) electrons. The summed E-state index contributed by atoms with van der Waals surface area (Å²) in [7, 11) is 0. The van der Waals surface area contributed by atoms with Crippen LogP contribution in [0, 0.1) is 12.8 Å². The van der Waals surface area contributed by atoms with Crippen molar-refractivity contribution in [3.05, 3.63) is 54.5 Å². The molecule has 0 N–H and O–H groups in total. The van der Waals surface area contributed by atoms with Gasteiger partial charge in [0, 0.05) is 0 Å². The number of hydrogen-bond donors (Lipinski definition) is 0. The molecule has 0 aromatic heterocycles. The number of hydrogen-bond acceptors (Lipinski definition) is 0. The van der Waals surface area contributed by atoms with E-state index in [0.29, 0.717) is 0 Å². The molecule has 0 spiro atoms. The lowest BCUT2D eigenvalue weighted by atomic mass is 10.1. The monoisotopic (exact) mass is 199 g/mol. The van der Waals surface area contributed by atoms with Crippen molar-refractivity contribution in [3.8, 4) is 0 Å². The van der Waals surface area contributed by atoms with Crippen molar-refractivity contribution in [2.75, 3.05) is 0 Å². The molecule has 1 aromatic rings. The number of benzene rings is 1. The summed E-state index contributed by atoms with van der Waals surface area (Å²) in [6.07, 6.45) is 9.07. The Hall–Kier alpha value is -1.04. The van der Waals surface area contributed by atoms with Crippen LogP contribution in [-0.2, 0) is 6.42 Å². The van der Waals surface area contributed by atoms with Gasteiger partial charge in [0.2, 0.25) is 0 Å². The van der Waals surface area contributed by atoms with Crippen LogP contribution < -0.4 is 0 Å². The normalized spacial score (nSPS) is 21.9. The van der Waals surface area contributed by atoms with Crippen LogP contribution in [0.4, 0.5) is 0 Å². The van der Waals surface area contributed by atoms with Gasteiger partial charge in [-0.1, -0.05) is 42.0 Å². The van der Waals surface area contributed by atoms with E-state index in [1.165, 1.54) is 31.2 Å². The Morgan fingerprint density at radius 1 is 1.20 bits per heavy atom. The minimum atomic E-state index is 0.890. The second kappa shape index (κ2) is 5.16. The van der Waals surface area contributed by atoms with Crippen LogP contribution in [0.3, 0.4) is 0 Å². The quantitative estimate of drug-likeness (QED) is 0.595. The highest BCUT2D eigenvalue weighted by atomic mass is 14.3. The fraction of sp³-hybridized carbons (Fsp3) is 0.400. The average molecular weight is 199 g/mol. The maximum absolute atomic E-state index is 3.76. The summed E-state index contributed by atoms with van der Waals surface area (Å²) < 4.78 is 0. The average Bonchev–Trinajstić information content (AvgIpc) is 2.95. The van der Waals surface area contributed by atoms with Gasteiger partial charge in [0.05, 0.1) is 0 Å². The number of rotatable bonds is 1. The third-order valence-corrected chi connectivity index (χ3v) is 3.30. The minimum absolute atomic E-state index is 0.890. The summed E-state index contributed by atoms with van der Waals surface area (Å²) in [6, 6.07) is 10.2. The largest absolute Gasteiger partial charge is 0.0850 e. The molecule has 1 saturated carbocycles. The van der Waals surface area contributed by atoms with Crippen molar-refractivity contribution in [2.24, 2.45) is 5.92 Å². The van der Waals surface area contributed by atoms with E-state index in [1.807, 2.05) is 18.2 Å². The van der Waals surface area contributed by atoms with Gasteiger partial charge in [-0.15, -0.1) is 0 Å². The Labute approximate surface area is 93.0 Å². The molecular formula is C15H19. The van der Waals surface area contributed by atoms with Gasteiger partial charge in [-0.3, -0.25) is 0 Å². The summed E-state index contributed by atoms with van der Waals surface area (Å²) in [5.74, 6) is 1.08. The summed E-state index contributed by atoms with van der Waals surface area (Å²) >= 11 is 0. The van der Waals surface area contributed by atoms with Crippen LogP contribution in [0.25, 0.3) is 0 Å². The van der Waals surface area contributed by atoms with Gasteiger partial charge in [0.1, 0.15) is 0 Å². The Balaban J connectivity index is 0.000000114. The van der Waals surface area contributed by atoms with Gasteiger partial charge in [-0.25, -0.2) is 0 Å². The van der Waals surface area contributed by atoms with E-state index >= 15 is 0 Å². The summed E-state index contributed by atoms with van der Waals surface area (Å²) in [5.41, 5.74) is 3.04. The van der Waals surface area contributed by atoms with Crippen LogP contribution in [0.15, 0.2) is 42.0 Å². The maximum atomic E-state index is 3.76. The first-order valence-corrected chi connectivity index (χ1v) is 5.89. The highest BCUT2D eigenvalue weighted by molar-refractivity contribution is 5.15. The van der Waals surface area contributed by atoms with Gasteiger partial charge in [0.25, 0.3) is 0 Å². The molecule has 15 heavy (non-hydrogen) atoms. The molecule has 0 nitrogen and oxygen atoms in total. The Kier molecular flexibility index (Phi) is 3.60. The first-order chi connectivity index (χ1) is 7.38. The molecule has 1 aromatic carbocycles. The molecule has 2 bridgehead atoms. The second-order valence-electron chi connectivity index (χ2n) is 4.44. The van der Waals surface area contributed by atoms with Crippen LogP contribution >= 0.6 is 0 Å². The van der Waals surface area contributed by atoms with E-state index in [0.717, 1.165) is 12.3 Å². The topological polar surface area (TPSA) is 0 Å². The Morgan fingerprint density at radius 2 is 2.00 bits per heavy atom. The zero-order valence-electron chi connectivity index (χ0n) is 9.28. The van der Waals surface area contributed by atoms with Crippen molar-refractivity contribution in [1.82, 2.24) is 0 Å². The molecule has 0 amide bonds. The lowest BCUT2D eigenvalue weighted by Gasteiger charge is -1.98. The molecule has 1 fully saturated rings. The predicted octanol–water partition coefficient (Wildman–Crippen LogP) is 4.18. The molecule has 2 aliphatic rings. The van der Waals surface area contributed by atoms with Gasteiger partial charge >= 0.3 is 0 Å². The Morgan fingerprint density at radius 3 is 2.27 bits per heavy atom. The van der Waals surface area contributed by atoms with Crippen LogP contribution in [0.2, 0.25) is 0 Å². The molecular weight excluding hydrogens is 180 g/mol. The number of fused-ring (bicyclic) bond motifs is 2. The number of allylic oxidation sites excluding steroid dienone is 2. The van der Waals surface area contributed by atoms with Crippen LogP contribution in [0.1, 0.15) is 31.2 Å². The third kappa shape index (κ3) is 2.95. The Bertz CT molecular complexity index is 321. The fourth-order valence-corrected chi connectivity index (χ4v) is 2.33. The van der Waals surface area contributed by atoms with Crippen molar-refractivity contribution in [3.63, 3.8) is 0 Å².